The zero-order valence-electron chi connectivity index (χ0n) is 12.5. The number of rotatable bonds is 7. The smallest absolute Gasteiger partial charge is 0.338 e. The monoisotopic (exact) mass is 368 g/mol. The van der Waals surface area contributed by atoms with Crippen molar-refractivity contribution in [2.75, 3.05) is 11.9 Å². The number of carboxylic acids is 1. The lowest BCUT2D eigenvalue weighted by atomic mass is 10.1. The van der Waals surface area contributed by atoms with Crippen LogP contribution in [-0.4, -0.2) is 22.5 Å². The molecule has 0 aliphatic carbocycles. The molecule has 126 valence electrons. The highest BCUT2D eigenvalue weighted by Crippen LogP contribution is 2.23. The SMILES string of the molecule is O=C(O)c1cc([N+](=O)[O-])ccc1NCCCc1cc(Cl)cc(Cl)c1. The third-order valence-electron chi connectivity index (χ3n) is 3.32. The molecule has 0 aromatic heterocycles. The van der Waals surface area contributed by atoms with Crippen LogP contribution in [0.1, 0.15) is 22.3 Å². The first-order chi connectivity index (χ1) is 11.4. The van der Waals surface area contributed by atoms with E-state index in [1.807, 2.05) is 12.1 Å². The zero-order valence-corrected chi connectivity index (χ0v) is 14.0. The molecule has 0 bridgehead atoms. The Morgan fingerprint density at radius 1 is 1.17 bits per heavy atom. The van der Waals surface area contributed by atoms with E-state index in [2.05, 4.69) is 5.32 Å². The summed E-state index contributed by atoms with van der Waals surface area (Å²) in [7, 11) is 0. The number of benzene rings is 2. The number of non-ortho nitro benzene ring substituents is 1. The van der Waals surface area contributed by atoms with Crippen LogP contribution >= 0.6 is 23.2 Å². The molecule has 24 heavy (non-hydrogen) atoms. The average molecular weight is 369 g/mol. The average Bonchev–Trinajstić information content (AvgIpc) is 2.50. The number of nitrogens with one attached hydrogen (secondary N) is 1. The van der Waals surface area contributed by atoms with E-state index < -0.39 is 10.9 Å². The maximum atomic E-state index is 11.2. The summed E-state index contributed by atoms with van der Waals surface area (Å²) >= 11 is 11.9. The summed E-state index contributed by atoms with van der Waals surface area (Å²) in [5.74, 6) is -1.22. The van der Waals surface area contributed by atoms with Crippen molar-refractivity contribution < 1.29 is 14.8 Å². The van der Waals surface area contributed by atoms with Crippen LogP contribution < -0.4 is 5.32 Å². The minimum absolute atomic E-state index is 0.130. The summed E-state index contributed by atoms with van der Waals surface area (Å²) in [4.78, 5) is 21.3. The van der Waals surface area contributed by atoms with Gasteiger partial charge in [-0.25, -0.2) is 4.79 Å². The van der Waals surface area contributed by atoms with E-state index in [1.54, 1.807) is 6.07 Å². The van der Waals surface area contributed by atoms with Gasteiger partial charge >= 0.3 is 5.97 Å². The first-order valence-corrected chi connectivity index (χ1v) is 7.83. The molecule has 0 fully saturated rings. The van der Waals surface area contributed by atoms with Gasteiger partial charge in [0, 0.05) is 34.4 Å². The van der Waals surface area contributed by atoms with Crippen molar-refractivity contribution in [1.82, 2.24) is 0 Å². The predicted octanol–water partition coefficient (Wildman–Crippen LogP) is 4.64. The minimum Gasteiger partial charge on any atom is -0.478 e. The number of halogens is 2. The van der Waals surface area contributed by atoms with Crippen molar-refractivity contribution in [3.05, 3.63) is 67.7 Å². The van der Waals surface area contributed by atoms with Gasteiger partial charge in [-0.15, -0.1) is 0 Å². The maximum Gasteiger partial charge on any atom is 0.338 e. The molecule has 0 heterocycles. The van der Waals surface area contributed by atoms with Gasteiger partial charge in [0.05, 0.1) is 10.5 Å². The number of carboxylic acid groups (broad SMARTS) is 1. The number of aryl methyl sites for hydroxylation is 1. The molecule has 0 aliphatic rings. The third kappa shape index (κ3) is 4.84. The van der Waals surface area contributed by atoms with Gasteiger partial charge in [0.1, 0.15) is 0 Å². The molecule has 0 aliphatic heterocycles. The van der Waals surface area contributed by atoms with E-state index in [1.165, 1.54) is 12.1 Å². The Bertz CT molecular complexity index is 760. The number of aromatic carboxylic acids is 1. The third-order valence-corrected chi connectivity index (χ3v) is 3.76. The molecule has 6 nitrogen and oxygen atoms in total. The van der Waals surface area contributed by atoms with Gasteiger partial charge in [-0.2, -0.15) is 0 Å². The molecule has 8 heteroatoms. The summed E-state index contributed by atoms with van der Waals surface area (Å²) in [6, 6.07) is 9.01. The number of anilines is 1. The highest BCUT2D eigenvalue weighted by Gasteiger charge is 2.15. The second-order valence-electron chi connectivity index (χ2n) is 5.10. The van der Waals surface area contributed by atoms with Crippen LogP contribution in [0.5, 0.6) is 0 Å². The normalized spacial score (nSPS) is 10.4. The van der Waals surface area contributed by atoms with E-state index >= 15 is 0 Å². The zero-order chi connectivity index (χ0) is 17.7. The Morgan fingerprint density at radius 3 is 2.42 bits per heavy atom. The maximum absolute atomic E-state index is 11.2. The Kier molecular flexibility index (Phi) is 6.00. The molecule has 0 radical (unpaired) electrons. The lowest BCUT2D eigenvalue weighted by Crippen LogP contribution is -2.09. The van der Waals surface area contributed by atoms with Gasteiger partial charge in [-0.1, -0.05) is 23.2 Å². The first-order valence-electron chi connectivity index (χ1n) is 7.07. The Hall–Kier alpha value is -2.31. The molecule has 0 atom stereocenters. The molecule has 0 unspecified atom stereocenters. The van der Waals surface area contributed by atoms with E-state index in [0.29, 0.717) is 35.1 Å². The van der Waals surface area contributed by atoms with Crippen molar-refractivity contribution >= 4 is 40.5 Å². The van der Waals surface area contributed by atoms with Crippen LogP contribution in [-0.2, 0) is 6.42 Å². The van der Waals surface area contributed by atoms with Gasteiger partial charge < -0.3 is 10.4 Å². The molecule has 2 rings (SSSR count). The van der Waals surface area contributed by atoms with Crippen LogP contribution in [0.25, 0.3) is 0 Å². The molecule has 2 N–H and O–H groups in total. The molecular formula is C16H14Cl2N2O4. The number of nitro groups is 1. The van der Waals surface area contributed by atoms with Gasteiger partial charge in [0.2, 0.25) is 0 Å². The van der Waals surface area contributed by atoms with Crippen LogP contribution in [0.15, 0.2) is 36.4 Å². The van der Waals surface area contributed by atoms with Crippen molar-refractivity contribution in [3.8, 4) is 0 Å². The Balaban J connectivity index is 1.99. The van der Waals surface area contributed by atoms with Crippen molar-refractivity contribution in [3.63, 3.8) is 0 Å². The van der Waals surface area contributed by atoms with E-state index in [9.17, 15) is 20.0 Å². The fourth-order valence-corrected chi connectivity index (χ4v) is 2.82. The highest BCUT2D eigenvalue weighted by molar-refractivity contribution is 6.34. The van der Waals surface area contributed by atoms with Gasteiger partial charge in [0.25, 0.3) is 5.69 Å². The van der Waals surface area contributed by atoms with Crippen LogP contribution in [0.3, 0.4) is 0 Å². The van der Waals surface area contributed by atoms with Gasteiger partial charge in [-0.05, 0) is 42.7 Å². The number of nitrogens with zero attached hydrogens (tertiary/aromatic N) is 1. The Labute approximate surface area is 148 Å². The minimum atomic E-state index is -1.22. The molecule has 2 aromatic carbocycles. The van der Waals surface area contributed by atoms with Crippen molar-refractivity contribution in [1.29, 1.82) is 0 Å². The second kappa shape index (κ2) is 7.99. The van der Waals surface area contributed by atoms with Gasteiger partial charge in [0.15, 0.2) is 0 Å². The summed E-state index contributed by atoms with van der Waals surface area (Å²) < 4.78 is 0. The number of hydrogen-bond acceptors (Lipinski definition) is 4. The largest absolute Gasteiger partial charge is 0.478 e. The van der Waals surface area contributed by atoms with Crippen molar-refractivity contribution in [2.45, 2.75) is 12.8 Å². The molecule has 0 saturated carbocycles. The molecule has 0 spiro atoms. The van der Waals surface area contributed by atoms with E-state index in [4.69, 9.17) is 23.2 Å². The fourth-order valence-electron chi connectivity index (χ4n) is 2.25. The lowest BCUT2D eigenvalue weighted by Gasteiger charge is -2.10. The standard InChI is InChI=1S/C16H14Cl2N2O4/c17-11-6-10(7-12(18)8-11)2-1-5-19-15-4-3-13(20(23)24)9-14(15)16(21)22/h3-4,6-9,19H,1-2,5H2,(H,21,22). The van der Waals surface area contributed by atoms with E-state index in [-0.39, 0.29) is 11.3 Å². The quantitative estimate of drug-likeness (QED) is 0.421. The summed E-state index contributed by atoms with van der Waals surface area (Å²) in [5.41, 5.74) is 0.940. The number of hydrogen-bond donors (Lipinski definition) is 2. The van der Waals surface area contributed by atoms with E-state index in [0.717, 1.165) is 11.6 Å². The number of nitro benzene ring substituents is 1. The molecule has 2 aromatic rings. The molecule has 0 amide bonds. The summed E-state index contributed by atoms with van der Waals surface area (Å²) in [5, 5.41) is 24.0. The summed E-state index contributed by atoms with van der Waals surface area (Å²) in [6.07, 6.45) is 1.43. The lowest BCUT2D eigenvalue weighted by molar-refractivity contribution is -0.384. The first kappa shape index (κ1) is 18.0. The topological polar surface area (TPSA) is 92.5 Å². The summed E-state index contributed by atoms with van der Waals surface area (Å²) in [6.45, 7) is 0.502. The van der Waals surface area contributed by atoms with Crippen LogP contribution in [0.2, 0.25) is 10.0 Å². The Morgan fingerprint density at radius 2 is 1.83 bits per heavy atom. The number of carbonyl (C=O) groups is 1. The van der Waals surface area contributed by atoms with Crippen molar-refractivity contribution in [2.24, 2.45) is 0 Å². The van der Waals surface area contributed by atoms with Crippen LogP contribution in [0.4, 0.5) is 11.4 Å². The predicted molar refractivity (Wildman–Crippen MR) is 93.3 cm³/mol. The second-order valence-corrected chi connectivity index (χ2v) is 5.97. The molecular weight excluding hydrogens is 355 g/mol. The highest BCUT2D eigenvalue weighted by atomic mass is 35.5. The fraction of sp³-hybridized carbons (Fsp3) is 0.188. The van der Waals surface area contributed by atoms with Crippen LogP contribution in [0, 0.1) is 10.1 Å². The molecule has 0 saturated heterocycles. The van der Waals surface area contributed by atoms with Gasteiger partial charge in [-0.3, -0.25) is 10.1 Å².